The van der Waals surface area contributed by atoms with Crippen LogP contribution in [0.15, 0.2) is 47.5 Å². The van der Waals surface area contributed by atoms with Gasteiger partial charge in [-0.05, 0) is 48.7 Å². The van der Waals surface area contributed by atoms with E-state index in [0.717, 1.165) is 43.1 Å². The highest BCUT2D eigenvalue weighted by atomic mass is 127. The number of para-hydroxylation sites is 2. The maximum atomic E-state index is 13.7. The largest absolute Gasteiger partial charge is 0.495 e. The number of guanidine groups is 1. The number of ether oxygens (including phenoxy) is 1. The van der Waals surface area contributed by atoms with E-state index in [-0.39, 0.29) is 30.0 Å². The van der Waals surface area contributed by atoms with Gasteiger partial charge in [-0.2, -0.15) is 0 Å². The van der Waals surface area contributed by atoms with E-state index < -0.39 is 11.6 Å². The molecule has 1 atom stereocenters. The first-order chi connectivity index (χ1) is 13.6. The molecule has 0 saturated carbocycles. The number of hydrogen-bond acceptors (Lipinski definition) is 3. The summed E-state index contributed by atoms with van der Waals surface area (Å²) in [5.41, 5.74) is 1.44. The molecule has 1 unspecified atom stereocenters. The van der Waals surface area contributed by atoms with E-state index in [2.05, 4.69) is 26.6 Å². The Labute approximate surface area is 187 Å². The Morgan fingerprint density at radius 3 is 2.79 bits per heavy atom. The third-order valence-corrected chi connectivity index (χ3v) is 4.87. The number of hydrogen-bond donors (Lipinski definition) is 2. The Morgan fingerprint density at radius 1 is 1.24 bits per heavy atom. The van der Waals surface area contributed by atoms with Gasteiger partial charge in [-0.1, -0.05) is 12.1 Å². The van der Waals surface area contributed by atoms with Crippen molar-refractivity contribution in [3.8, 4) is 5.75 Å². The van der Waals surface area contributed by atoms with E-state index in [0.29, 0.717) is 24.5 Å². The molecule has 2 aromatic rings. The van der Waals surface area contributed by atoms with Crippen molar-refractivity contribution < 1.29 is 13.5 Å². The number of anilines is 1. The Hall–Kier alpha value is -2.10. The van der Waals surface area contributed by atoms with Crippen LogP contribution >= 0.6 is 24.0 Å². The Kier molecular flexibility index (Phi) is 8.94. The second-order valence-corrected chi connectivity index (χ2v) is 6.73. The minimum Gasteiger partial charge on any atom is -0.495 e. The van der Waals surface area contributed by atoms with Gasteiger partial charge in [-0.15, -0.1) is 24.0 Å². The van der Waals surface area contributed by atoms with Gasteiger partial charge in [-0.3, -0.25) is 4.99 Å². The summed E-state index contributed by atoms with van der Waals surface area (Å²) >= 11 is 0. The molecule has 1 heterocycles. The highest BCUT2D eigenvalue weighted by Crippen LogP contribution is 2.30. The number of halogens is 3. The number of benzene rings is 2. The van der Waals surface area contributed by atoms with Crippen molar-refractivity contribution in [2.45, 2.75) is 18.9 Å². The molecule has 2 N–H and O–H groups in total. The third-order valence-electron chi connectivity index (χ3n) is 4.87. The van der Waals surface area contributed by atoms with E-state index in [1.54, 1.807) is 14.2 Å². The van der Waals surface area contributed by atoms with Crippen molar-refractivity contribution in [1.82, 2.24) is 10.6 Å². The highest BCUT2D eigenvalue weighted by Gasteiger charge is 2.25. The van der Waals surface area contributed by atoms with Gasteiger partial charge in [0.2, 0.25) is 0 Å². The van der Waals surface area contributed by atoms with Crippen molar-refractivity contribution in [3.05, 3.63) is 59.7 Å². The van der Waals surface area contributed by atoms with Crippen LogP contribution < -0.4 is 20.3 Å². The van der Waals surface area contributed by atoms with E-state index in [1.807, 2.05) is 18.2 Å². The van der Waals surface area contributed by atoms with Gasteiger partial charge < -0.3 is 20.3 Å². The molecular formula is C21H27F2IN4O. The van der Waals surface area contributed by atoms with Crippen molar-refractivity contribution in [3.63, 3.8) is 0 Å². The zero-order chi connectivity index (χ0) is 19.9. The number of nitrogens with zero attached hydrogens (tertiary/aromatic N) is 2. The highest BCUT2D eigenvalue weighted by molar-refractivity contribution is 14.0. The summed E-state index contributed by atoms with van der Waals surface area (Å²) in [6.07, 6.45) is 1.35. The van der Waals surface area contributed by atoms with Crippen LogP contribution in [0.4, 0.5) is 14.5 Å². The number of rotatable bonds is 6. The topological polar surface area (TPSA) is 48.9 Å². The van der Waals surface area contributed by atoms with Gasteiger partial charge in [-0.25, -0.2) is 8.78 Å². The normalized spacial score (nSPS) is 16.3. The van der Waals surface area contributed by atoms with Crippen LogP contribution in [-0.2, 0) is 6.42 Å². The van der Waals surface area contributed by atoms with E-state index in [9.17, 15) is 8.78 Å². The first kappa shape index (κ1) is 23.2. The lowest BCUT2D eigenvalue weighted by molar-refractivity contribution is 0.415. The van der Waals surface area contributed by atoms with Crippen molar-refractivity contribution in [2.75, 3.05) is 38.7 Å². The van der Waals surface area contributed by atoms with Crippen LogP contribution in [0.5, 0.6) is 5.75 Å². The van der Waals surface area contributed by atoms with Crippen LogP contribution in [-0.4, -0.2) is 45.8 Å². The minimum atomic E-state index is -0.429. The molecule has 158 valence electrons. The van der Waals surface area contributed by atoms with Crippen molar-refractivity contribution in [1.29, 1.82) is 0 Å². The van der Waals surface area contributed by atoms with Gasteiger partial charge in [0.05, 0.1) is 12.8 Å². The maximum absolute atomic E-state index is 13.7. The lowest BCUT2D eigenvalue weighted by Crippen LogP contribution is -2.45. The fraction of sp³-hybridized carbons (Fsp3) is 0.381. The summed E-state index contributed by atoms with van der Waals surface area (Å²) in [7, 11) is 3.38. The predicted octanol–water partition coefficient (Wildman–Crippen LogP) is 3.58. The quantitative estimate of drug-likeness (QED) is 0.350. The SMILES string of the molecule is CN=C(NCCc1cc(F)ccc1F)NC1CCN(c2ccccc2OC)C1.I. The molecule has 0 spiro atoms. The summed E-state index contributed by atoms with van der Waals surface area (Å²) in [5.74, 6) is 0.696. The molecular weight excluding hydrogens is 489 g/mol. The van der Waals surface area contributed by atoms with Crippen molar-refractivity contribution >= 4 is 35.6 Å². The molecule has 1 aliphatic rings. The number of methoxy groups -OCH3 is 1. The van der Waals surface area contributed by atoms with Crippen LogP contribution in [0.3, 0.4) is 0 Å². The Balaban J connectivity index is 0.00000300. The maximum Gasteiger partial charge on any atom is 0.191 e. The van der Waals surface area contributed by atoms with E-state index >= 15 is 0 Å². The summed E-state index contributed by atoms with van der Waals surface area (Å²) in [4.78, 5) is 6.52. The van der Waals surface area contributed by atoms with Gasteiger partial charge in [0, 0.05) is 32.7 Å². The fourth-order valence-electron chi connectivity index (χ4n) is 3.43. The molecule has 0 amide bonds. The van der Waals surface area contributed by atoms with Gasteiger partial charge in [0.25, 0.3) is 0 Å². The molecule has 1 saturated heterocycles. The molecule has 5 nitrogen and oxygen atoms in total. The molecule has 1 fully saturated rings. The van der Waals surface area contributed by atoms with Crippen molar-refractivity contribution in [2.24, 2.45) is 4.99 Å². The second kappa shape index (κ2) is 11.2. The van der Waals surface area contributed by atoms with E-state index in [1.165, 1.54) is 6.07 Å². The average molecular weight is 516 g/mol. The van der Waals surface area contributed by atoms with Gasteiger partial charge >= 0.3 is 0 Å². The lowest BCUT2D eigenvalue weighted by Gasteiger charge is -2.22. The monoisotopic (exact) mass is 516 g/mol. The van der Waals surface area contributed by atoms with Crippen LogP contribution in [0.25, 0.3) is 0 Å². The third kappa shape index (κ3) is 6.19. The standard InChI is InChI=1S/C21H26F2N4O.HI/c1-24-21(25-11-9-15-13-16(22)7-8-18(15)23)26-17-10-12-27(14-17)19-5-3-4-6-20(19)28-2;/h3-8,13,17H,9-12,14H2,1-2H3,(H2,24,25,26);1H. The average Bonchev–Trinajstić information content (AvgIpc) is 3.18. The number of nitrogens with one attached hydrogen (secondary N) is 2. The predicted molar refractivity (Wildman–Crippen MR) is 124 cm³/mol. The summed E-state index contributed by atoms with van der Waals surface area (Å²) in [5, 5.41) is 6.58. The first-order valence-corrected chi connectivity index (χ1v) is 9.39. The molecule has 8 heteroatoms. The summed E-state index contributed by atoms with van der Waals surface area (Å²) < 4.78 is 32.4. The first-order valence-electron chi connectivity index (χ1n) is 9.39. The molecule has 0 radical (unpaired) electrons. The zero-order valence-electron chi connectivity index (χ0n) is 16.6. The van der Waals surface area contributed by atoms with Crippen LogP contribution in [0.2, 0.25) is 0 Å². The Bertz CT molecular complexity index is 834. The summed E-state index contributed by atoms with van der Waals surface area (Å²) in [6.45, 7) is 2.21. The molecule has 0 bridgehead atoms. The van der Waals surface area contributed by atoms with Gasteiger partial charge in [0.15, 0.2) is 5.96 Å². The minimum absolute atomic E-state index is 0. The van der Waals surface area contributed by atoms with Crippen LogP contribution in [0, 0.1) is 11.6 Å². The number of aliphatic imine (C=N–C) groups is 1. The fourth-order valence-corrected chi connectivity index (χ4v) is 3.43. The summed E-state index contributed by atoms with van der Waals surface area (Å²) in [6, 6.07) is 11.7. The molecule has 29 heavy (non-hydrogen) atoms. The zero-order valence-corrected chi connectivity index (χ0v) is 19.0. The molecule has 2 aromatic carbocycles. The molecule has 0 aliphatic carbocycles. The van der Waals surface area contributed by atoms with Crippen LogP contribution in [0.1, 0.15) is 12.0 Å². The van der Waals surface area contributed by atoms with E-state index in [4.69, 9.17) is 4.74 Å². The molecule has 3 rings (SSSR count). The Morgan fingerprint density at radius 2 is 2.03 bits per heavy atom. The molecule has 0 aromatic heterocycles. The molecule has 1 aliphatic heterocycles. The smallest absolute Gasteiger partial charge is 0.191 e. The second-order valence-electron chi connectivity index (χ2n) is 6.73. The van der Waals surface area contributed by atoms with Gasteiger partial charge in [0.1, 0.15) is 17.4 Å². The lowest BCUT2D eigenvalue weighted by atomic mass is 10.1.